The average Bonchev–Trinajstić information content (AvgIpc) is 2.80. The van der Waals surface area contributed by atoms with Gasteiger partial charge in [0.25, 0.3) is 0 Å². The Bertz CT molecular complexity index is 672. The van der Waals surface area contributed by atoms with Crippen molar-refractivity contribution in [2.75, 3.05) is 5.73 Å². The highest BCUT2D eigenvalue weighted by Gasteiger charge is 2.09. The van der Waals surface area contributed by atoms with E-state index in [0.29, 0.717) is 17.2 Å². The van der Waals surface area contributed by atoms with Crippen molar-refractivity contribution in [2.45, 2.75) is 6.92 Å². The first-order valence-corrected chi connectivity index (χ1v) is 5.27. The van der Waals surface area contributed by atoms with E-state index in [2.05, 4.69) is 15.1 Å². The summed E-state index contributed by atoms with van der Waals surface area (Å²) in [4.78, 5) is 8.41. The second-order valence-corrected chi connectivity index (χ2v) is 3.85. The van der Waals surface area contributed by atoms with Gasteiger partial charge in [-0.05, 0) is 30.7 Å². The fraction of sp³-hybridized carbons (Fsp3) is 0.0833. The summed E-state index contributed by atoms with van der Waals surface area (Å²) in [6.07, 6.45) is 5.30. The van der Waals surface area contributed by atoms with Crippen LogP contribution in [0.4, 0.5) is 5.69 Å². The van der Waals surface area contributed by atoms with Crippen molar-refractivity contribution in [2.24, 2.45) is 0 Å². The molecule has 0 saturated carbocycles. The molecule has 3 aromatic rings. The monoisotopic (exact) mass is 225 g/mol. The van der Waals surface area contributed by atoms with Crippen molar-refractivity contribution in [3.63, 3.8) is 0 Å². The molecule has 2 N–H and O–H groups in total. The minimum Gasteiger partial charge on any atom is -0.395 e. The standard InChI is InChI=1S/C12H11N5/c1-8-4-7-17-12(10(8)13)15-11(16-17)9-2-5-14-6-3-9/h2-7H,13H2,1H3. The largest absolute Gasteiger partial charge is 0.395 e. The van der Waals surface area contributed by atoms with Gasteiger partial charge in [0.2, 0.25) is 0 Å². The third-order valence-corrected chi connectivity index (χ3v) is 2.70. The van der Waals surface area contributed by atoms with Crippen molar-refractivity contribution < 1.29 is 0 Å². The molecule has 5 heteroatoms. The molecule has 0 fully saturated rings. The number of nitrogens with two attached hydrogens (primary N) is 1. The maximum atomic E-state index is 5.97. The van der Waals surface area contributed by atoms with Gasteiger partial charge in [-0.2, -0.15) is 0 Å². The molecule has 0 spiro atoms. The molecule has 0 radical (unpaired) electrons. The van der Waals surface area contributed by atoms with Gasteiger partial charge in [-0.1, -0.05) is 0 Å². The Kier molecular flexibility index (Phi) is 2.04. The molecular weight excluding hydrogens is 214 g/mol. The maximum Gasteiger partial charge on any atom is 0.182 e. The van der Waals surface area contributed by atoms with Crippen LogP contribution in [0.15, 0.2) is 36.8 Å². The van der Waals surface area contributed by atoms with E-state index in [1.54, 1.807) is 16.9 Å². The molecule has 5 nitrogen and oxygen atoms in total. The van der Waals surface area contributed by atoms with E-state index in [4.69, 9.17) is 5.73 Å². The van der Waals surface area contributed by atoms with Gasteiger partial charge in [0.15, 0.2) is 11.5 Å². The Balaban J connectivity index is 2.24. The van der Waals surface area contributed by atoms with Gasteiger partial charge in [-0.15, -0.1) is 5.10 Å². The number of aryl methyl sites for hydroxylation is 1. The predicted octanol–water partition coefficient (Wildman–Crippen LogP) is 1.68. The summed E-state index contributed by atoms with van der Waals surface area (Å²) in [6.45, 7) is 1.95. The quantitative estimate of drug-likeness (QED) is 0.684. The number of hydrogen-bond acceptors (Lipinski definition) is 4. The lowest BCUT2D eigenvalue weighted by Gasteiger charge is -1.98. The van der Waals surface area contributed by atoms with E-state index < -0.39 is 0 Å². The van der Waals surface area contributed by atoms with Crippen molar-refractivity contribution in [3.8, 4) is 11.4 Å². The van der Waals surface area contributed by atoms with E-state index in [9.17, 15) is 0 Å². The number of fused-ring (bicyclic) bond motifs is 1. The van der Waals surface area contributed by atoms with Crippen LogP contribution >= 0.6 is 0 Å². The van der Waals surface area contributed by atoms with Crippen LogP contribution in [0.1, 0.15) is 5.56 Å². The first-order valence-electron chi connectivity index (χ1n) is 5.27. The first kappa shape index (κ1) is 9.77. The Hall–Kier alpha value is -2.43. The van der Waals surface area contributed by atoms with E-state index >= 15 is 0 Å². The van der Waals surface area contributed by atoms with Crippen molar-refractivity contribution in [1.82, 2.24) is 19.6 Å². The first-order chi connectivity index (χ1) is 8.25. The lowest BCUT2D eigenvalue weighted by Crippen LogP contribution is -1.96. The minimum atomic E-state index is 0.657. The molecule has 3 rings (SSSR count). The zero-order chi connectivity index (χ0) is 11.8. The summed E-state index contributed by atoms with van der Waals surface area (Å²) in [5.74, 6) is 0.657. The highest BCUT2D eigenvalue weighted by atomic mass is 15.3. The molecule has 0 atom stereocenters. The minimum absolute atomic E-state index is 0.657. The fourth-order valence-corrected chi connectivity index (χ4v) is 1.68. The topological polar surface area (TPSA) is 69.1 Å². The summed E-state index contributed by atoms with van der Waals surface area (Å²) in [7, 11) is 0. The molecule has 0 aliphatic heterocycles. The van der Waals surface area contributed by atoms with Gasteiger partial charge in [-0.25, -0.2) is 9.50 Å². The molecule has 84 valence electrons. The molecule has 3 heterocycles. The van der Waals surface area contributed by atoms with E-state index in [-0.39, 0.29) is 0 Å². The van der Waals surface area contributed by atoms with E-state index in [1.807, 2.05) is 31.3 Å². The molecule has 0 saturated heterocycles. The summed E-state index contributed by atoms with van der Waals surface area (Å²) in [5, 5.41) is 4.38. The zero-order valence-corrected chi connectivity index (χ0v) is 9.33. The van der Waals surface area contributed by atoms with E-state index in [0.717, 1.165) is 11.1 Å². The van der Waals surface area contributed by atoms with Crippen LogP contribution in [0.2, 0.25) is 0 Å². The van der Waals surface area contributed by atoms with Crippen LogP contribution in [-0.2, 0) is 0 Å². The van der Waals surface area contributed by atoms with Crippen LogP contribution in [0.25, 0.3) is 17.0 Å². The summed E-state index contributed by atoms with van der Waals surface area (Å²) < 4.78 is 1.69. The van der Waals surface area contributed by atoms with Gasteiger partial charge in [0.1, 0.15) is 0 Å². The number of nitrogens with zero attached hydrogens (tertiary/aromatic N) is 4. The van der Waals surface area contributed by atoms with Crippen LogP contribution in [0.3, 0.4) is 0 Å². The van der Waals surface area contributed by atoms with Gasteiger partial charge < -0.3 is 5.73 Å². The van der Waals surface area contributed by atoms with Crippen LogP contribution in [0, 0.1) is 6.92 Å². The Labute approximate surface area is 97.9 Å². The number of aromatic nitrogens is 4. The number of pyridine rings is 2. The number of anilines is 1. The highest BCUT2D eigenvalue weighted by molar-refractivity contribution is 5.70. The van der Waals surface area contributed by atoms with Crippen molar-refractivity contribution in [3.05, 3.63) is 42.4 Å². The SMILES string of the molecule is Cc1ccn2nc(-c3ccncc3)nc2c1N. The van der Waals surface area contributed by atoms with Gasteiger partial charge in [-0.3, -0.25) is 4.98 Å². The lowest BCUT2D eigenvalue weighted by atomic mass is 10.2. The number of rotatable bonds is 1. The van der Waals surface area contributed by atoms with Crippen molar-refractivity contribution >= 4 is 11.3 Å². The molecule has 0 amide bonds. The van der Waals surface area contributed by atoms with E-state index in [1.165, 1.54) is 0 Å². The molecule has 17 heavy (non-hydrogen) atoms. The molecule has 3 aromatic heterocycles. The normalized spacial score (nSPS) is 10.9. The zero-order valence-electron chi connectivity index (χ0n) is 9.33. The van der Waals surface area contributed by atoms with Gasteiger partial charge >= 0.3 is 0 Å². The third-order valence-electron chi connectivity index (χ3n) is 2.70. The molecule has 0 aromatic carbocycles. The molecule has 0 aliphatic carbocycles. The Morgan fingerprint density at radius 3 is 2.71 bits per heavy atom. The molecular formula is C12H11N5. The highest BCUT2D eigenvalue weighted by Crippen LogP contribution is 2.20. The van der Waals surface area contributed by atoms with Crippen LogP contribution in [-0.4, -0.2) is 19.6 Å². The van der Waals surface area contributed by atoms with Crippen molar-refractivity contribution in [1.29, 1.82) is 0 Å². The molecule has 0 unspecified atom stereocenters. The fourth-order valence-electron chi connectivity index (χ4n) is 1.68. The Morgan fingerprint density at radius 2 is 1.94 bits per heavy atom. The number of nitrogen functional groups attached to an aromatic ring is 1. The summed E-state index contributed by atoms with van der Waals surface area (Å²) >= 11 is 0. The van der Waals surface area contributed by atoms with Gasteiger partial charge in [0.05, 0.1) is 5.69 Å². The summed E-state index contributed by atoms with van der Waals surface area (Å²) in [6, 6.07) is 5.67. The Morgan fingerprint density at radius 1 is 1.18 bits per heavy atom. The third kappa shape index (κ3) is 1.52. The number of hydrogen-bond donors (Lipinski definition) is 1. The maximum absolute atomic E-state index is 5.97. The second kappa shape index (κ2) is 3.55. The van der Waals surface area contributed by atoms with Crippen LogP contribution in [0.5, 0.6) is 0 Å². The molecule has 0 bridgehead atoms. The lowest BCUT2D eigenvalue weighted by molar-refractivity contribution is 0.963. The smallest absolute Gasteiger partial charge is 0.182 e. The van der Waals surface area contributed by atoms with Crippen LogP contribution < -0.4 is 5.73 Å². The average molecular weight is 225 g/mol. The molecule has 0 aliphatic rings. The summed E-state index contributed by atoms with van der Waals surface area (Å²) in [5.41, 5.74) is 9.27. The second-order valence-electron chi connectivity index (χ2n) is 3.85. The van der Waals surface area contributed by atoms with Gasteiger partial charge in [0, 0.05) is 24.2 Å². The predicted molar refractivity (Wildman–Crippen MR) is 65.4 cm³/mol.